The van der Waals surface area contributed by atoms with Crippen LogP contribution in [0.3, 0.4) is 0 Å². The van der Waals surface area contributed by atoms with Crippen molar-refractivity contribution in [2.45, 2.75) is 24.9 Å². The molecule has 0 spiro atoms. The normalized spacial score (nSPS) is 18.7. The maximum atomic E-state index is 12.7. The third-order valence-corrected chi connectivity index (χ3v) is 4.53. The predicted molar refractivity (Wildman–Crippen MR) is 86.4 cm³/mol. The van der Waals surface area contributed by atoms with E-state index < -0.39 is 11.7 Å². The Labute approximate surface area is 142 Å². The van der Waals surface area contributed by atoms with Crippen molar-refractivity contribution in [2.24, 2.45) is 0 Å². The summed E-state index contributed by atoms with van der Waals surface area (Å²) in [5.41, 5.74) is 0.0653. The highest BCUT2D eigenvalue weighted by molar-refractivity contribution is 5.42. The number of fused-ring (bicyclic) bond motifs is 1. The van der Waals surface area contributed by atoms with Crippen molar-refractivity contribution in [3.05, 3.63) is 54.1 Å². The van der Waals surface area contributed by atoms with Crippen LogP contribution in [-0.2, 0) is 6.18 Å². The number of hydrogen-bond acceptors (Lipinski definition) is 4. The highest BCUT2D eigenvalue weighted by Gasteiger charge is 2.31. The molecule has 0 aliphatic carbocycles. The van der Waals surface area contributed by atoms with Crippen LogP contribution in [0.25, 0.3) is 5.65 Å². The van der Waals surface area contributed by atoms with Crippen LogP contribution in [0.4, 0.5) is 19.0 Å². The number of pyridine rings is 2. The van der Waals surface area contributed by atoms with E-state index in [0.717, 1.165) is 43.1 Å². The lowest BCUT2D eigenvalue weighted by atomic mass is 9.97. The van der Waals surface area contributed by atoms with E-state index >= 15 is 0 Å². The molecule has 4 rings (SSSR count). The van der Waals surface area contributed by atoms with Gasteiger partial charge in [0.2, 0.25) is 0 Å². The lowest BCUT2D eigenvalue weighted by molar-refractivity contribution is -0.137. The van der Waals surface area contributed by atoms with Crippen LogP contribution in [0, 0.1) is 0 Å². The molecule has 3 aromatic rings. The highest BCUT2D eigenvalue weighted by atomic mass is 19.4. The molecule has 0 bridgehead atoms. The minimum Gasteiger partial charge on any atom is -0.356 e. The summed E-state index contributed by atoms with van der Waals surface area (Å²) < 4.78 is 40.0. The number of piperidine rings is 1. The van der Waals surface area contributed by atoms with Crippen LogP contribution in [0.5, 0.6) is 0 Å². The average molecular weight is 347 g/mol. The molecule has 0 aromatic carbocycles. The van der Waals surface area contributed by atoms with E-state index in [9.17, 15) is 13.2 Å². The standard InChI is InChI=1S/C17H16F3N5/c18-17(19,20)13-6-7-14(21-10-13)24-8-3-4-12(11-24)16-23-22-15-5-1-2-9-25(15)16/h1-2,5-7,9-10,12H,3-4,8,11H2. The van der Waals surface area contributed by atoms with Crippen molar-refractivity contribution in [2.75, 3.05) is 18.0 Å². The number of aromatic nitrogens is 4. The second-order valence-electron chi connectivity index (χ2n) is 6.18. The molecule has 1 aliphatic rings. The van der Waals surface area contributed by atoms with Crippen molar-refractivity contribution < 1.29 is 13.2 Å². The van der Waals surface area contributed by atoms with Gasteiger partial charge in [0.05, 0.1) is 5.56 Å². The fraction of sp³-hybridized carbons (Fsp3) is 0.353. The molecule has 5 nitrogen and oxygen atoms in total. The van der Waals surface area contributed by atoms with E-state index in [2.05, 4.69) is 15.2 Å². The average Bonchev–Trinajstić information content (AvgIpc) is 3.05. The fourth-order valence-electron chi connectivity index (χ4n) is 3.28. The van der Waals surface area contributed by atoms with Gasteiger partial charge in [-0.25, -0.2) is 4.98 Å². The number of halogens is 3. The second-order valence-corrected chi connectivity index (χ2v) is 6.18. The van der Waals surface area contributed by atoms with Gasteiger partial charge in [-0.15, -0.1) is 10.2 Å². The SMILES string of the molecule is FC(F)(F)c1ccc(N2CCCC(c3nnc4ccccn34)C2)nc1. The molecule has 1 aliphatic heterocycles. The Morgan fingerprint density at radius 3 is 2.72 bits per heavy atom. The molecule has 8 heteroatoms. The Morgan fingerprint density at radius 2 is 1.96 bits per heavy atom. The van der Waals surface area contributed by atoms with Crippen molar-refractivity contribution in [3.63, 3.8) is 0 Å². The number of hydrogen-bond donors (Lipinski definition) is 0. The molecule has 0 radical (unpaired) electrons. The van der Waals surface area contributed by atoms with Crippen LogP contribution in [0.15, 0.2) is 42.7 Å². The minimum atomic E-state index is -4.36. The van der Waals surface area contributed by atoms with Crippen LogP contribution in [0.2, 0.25) is 0 Å². The van der Waals surface area contributed by atoms with Crippen LogP contribution < -0.4 is 4.90 Å². The van der Waals surface area contributed by atoms with Gasteiger partial charge in [-0.1, -0.05) is 6.07 Å². The van der Waals surface area contributed by atoms with Gasteiger partial charge in [0.15, 0.2) is 5.65 Å². The summed E-state index contributed by atoms with van der Waals surface area (Å²) in [6.07, 6.45) is 0.351. The van der Waals surface area contributed by atoms with Gasteiger partial charge < -0.3 is 4.90 Å². The molecule has 1 saturated heterocycles. The van der Waals surface area contributed by atoms with Crippen LogP contribution >= 0.6 is 0 Å². The quantitative estimate of drug-likeness (QED) is 0.712. The minimum absolute atomic E-state index is 0.162. The summed E-state index contributed by atoms with van der Waals surface area (Å²) in [6.45, 7) is 1.43. The van der Waals surface area contributed by atoms with E-state index in [4.69, 9.17) is 0 Å². The van der Waals surface area contributed by atoms with E-state index in [1.807, 2.05) is 33.7 Å². The zero-order valence-electron chi connectivity index (χ0n) is 13.3. The number of alkyl halides is 3. The fourth-order valence-corrected chi connectivity index (χ4v) is 3.28. The maximum absolute atomic E-state index is 12.7. The van der Waals surface area contributed by atoms with E-state index in [1.165, 1.54) is 6.07 Å². The first kappa shape index (κ1) is 15.9. The van der Waals surface area contributed by atoms with Gasteiger partial charge in [0.1, 0.15) is 11.6 Å². The van der Waals surface area contributed by atoms with E-state index in [0.29, 0.717) is 12.4 Å². The number of anilines is 1. The van der Waals surface area contributed by atoms with Crippen molar-refractivity contribution >= 4 is 11.5 Å². The topological polar surface area (TPSA) is 46.3 Å². The summed E-state index contributed by atoms with van der Waals surface area (Å²) in [4.78, 5) is 6.02. The summed E-state index contributed by atoms with van der Waals surface area (Å²) >= 11 is 0. The third-order valence-electron chi connectivity index (χ3n) is 4.53. The molecule has 4 heterocycles. The van der Waals surface area contributed by atoms with Crippen LogP contribution in [0.1, 0.15) is 30.1 Å². The van der Waals surface area contributed by atoms with Gasteiger partial charge in [0.25, 0.3) is 0 Å². The number of rotatable bonds is 2. The molecule has 3 aromatic heterocycles. The lowest BCUT2D eigenvalue weighted by Crippen LogP contribution is -2.35. The molecular formula is C17H16F3N5. The first-order valence-electron chi connectivity index (χ1n) is 8.10. The Bertz CT molecular complexity index is 872. The summed E-state index contributed by atoms with van der Waals surface area (Å²) in [6, 6.07) is 8.25. The molecule has 0 amide bonds. The first-order chi connectivity index (χ1) is 12.0. The van der Waals surface area contributed by atoms with Crippen molar-refractivity contribution in [1.29, 1.82) is 0 Å². The Balaban J connectivity index is 1.57. The maximum Gasteiger partial charge on any atom is 0.417 e. The third kappa shape index (κ3) is 3.04. The molecule has 1 fully saturated rings. The summed E-state index contributed by atoms with van der Waals surface area (Å²) in [5.74, 6) is 1.61. The molecule has 0 saturated carbocycles. The van der Waals surface area contributed by atoms with Gasteiger partial charge >= 0.3 is 6.18 Å². The summed E-state index contributed by atoms with van der Waals surface area (Å²) in [5, 5.41) is 8.49. The molecule has 25 heavy (non-hydrogen) atoms. The summed E-state index contributed by atoms with van der Waals surface area (Å²) in [7, 11) is 0. The Kier molecular flexibility index (Phi) is 3.82. The Hall–Kier alpha value is -2.64. The van der Waals surface area contributed by atoms with Gasteiger partial charge in [-0.2, -0.15) is 13.2 Å². The molecule has 130 valence electrons. The van der Waals surface area contributed by atoms with Gasteiger partial charge in [0, 0.05) is 31.4 Å². The molecular weight excluding hydrogens is 331 g/mol. The zero-order valence-corrected chi connectivity index (χ0v) is 13.3. The van der Waals surface area contributed by atoms with Gasteiger partial charge in [-0.3, -0.25) is 4.40 Å². The first-order valence-corrected chi connectivity index (χ1v) is 8.10. The zero-order chi connectivity index (χ0) is 17.4. The van der Waals surface area contributed by atoms with Gasteiger partial charge in [-0.05, 0) is 37.1 Å². The highest BCUT2D eigenvalue weighted by Crippen LogP contribution is 2.31. The monoisotopic (exact) mass is 347 g/mol. The van der Waals surface area contributed by atoms with Crippen LogP contribution in [-0.4, -0.2) is 32.7 Å². The van der Waals surface area contributed by atoms with E-state index in [-0.39, 0.29) is 5.92 Å². The van der Waals surface area contributed by atoms with Crippen molar-refractivity contribution in [3.8, 4) is 0 Å². The Morgan fingerprint density at radius 1 is 1.08 bits per heavy atom. The smallest absolute Gasteiger partial charge is 0.356 e. The molecule has 1 atom stereocenters. The molecule has 1 unspecified atom stereocenters. The second kappa shape index (κ2) is 6.02. The number of nitrogens with zero attached hydrogens (tertiary/aromatic N) is 5. The lowest BCUT2D eigenvalue weighted by Gasteiger charge is -2.32. The predicted octanol–water partition coefficient (Wildman–Crippen LogP) is 3.53. The van der Waals surface area contributed by atoms with E-state index in [1.54, 1.807) is 0 Å². The largest absolute Gasteiger partial charge is 0.417 e. The van der Waals surface area contributed by atoms with Crippen molar-refractivity contribution in [1.82, 2.24) is 19.6 Å². The molecule has 0 N–H and O–H groups in total.